The minimum absolute atomic E-state index is 0.326. The van der Waals surface area contributed by atoms with Gasteiger partial charge >= 0.3 is 5.97 Å². The molecule has 0 aliphatic heterocycles. The zero-order valence-corrected chi connectivity index (χ0v) is 9.82. The Morgan fingerprint density at radius 2 is 2.06 bits per heavy atom. The predicted molar refractivity (Wildman–Crippen MR) is 62.4 cm³/mol. The molecule has 3 heteroatoms. The van der Waals surface area contributed by atoms with Crippen molar-refractivity contribution >= 4 is 5.97 Å². The number of benzene rings is 1. The SMILES string of the molecule is COC(=O)C(C)=CCOc1ccccc1C. The first-order chi connectivity index (χ1) is 7.65. The Kier molecular flexibility index (Phi) is 4.58. The lowest BCUT2D eigenvalue weighted by molar-refractivity contribution is -0.136. The molecule has 1 aromatic carbocycles. The summed E-state index contributed by atoms with van der Waals surface area (Å²) in [5.41, 5.74) is 1.63. The molecule has 0 aliphatic carbocycles. The summed E-state index contributed by atoms with van der Waals surface area (Å²) >= 11 is 0. The molecule has 0 fully saturated rings. The number of aryl methyl sites for hydroxylation is 1. The number of carbonyl (C=O) groups excluding carboxylic acids is 1. The molecule has 0 aliphatic rings. The molecule has 1 aromatic rings. The van der Waals surface area contributed by atoms with E-state index in [0.717, 1.165) is 11.3 Å². The number of hydrogen-bond donors (Lipinski definition) is 0. The molecule has 0 unspecified atom stereocenters. The molecule has 3 nitrogen and oxygen atoms in total. The Morgan fingerprint density at radius 3 is 2.69 bits per heavy atom. The first-order valence-electron chi connectivity index (χ1n) is 5.08. The van der Waals surface area contributed by atoms with Crippen LogP contribution < -0.4 is 4.74 Å². The Hall–Kier alpha value is -1.77. The van der Waals surface area contributed by atoms with Gasteiger partial charge in [-0.25, -0.2) is 4.79 Å². The summed E-state index contributed by atoms with van der Waals surface area (Å²) in [6.07, 6.45) is 1.71. The largest absolute Gasteiger partial charge is 0.489 e. The lowest BCUT2D eigenvalue weighted by Crippen LogP contribution is -2.04. The van der Waals surface area contributed by atoms with Crippen LogP contribution in [0.2, 0.25) is 0 Å². The van der Waals surface area contributed by atoms with Crippen LogP contribution in [0.5, 0.6) is 5.75 Å². The van der Waals surface area contributed by atoms with E-state index in [-0.39, 0.29) is 5.97 Å². The average Bonchev–Trinajstić information content (AvgIpc) is 2.30. The maximum Gasteiger partial charge on any atom is 0.333 e. The summed E-state index contributed by atoms with van der Waals surface area (Å²) in [5, 5.41) is 0. The standard InChI is InChI=1S/C13H16O3/c1-10-6-4-5-7-12(10)16-9-8-11(2)13(14)15-3/h4-8H,9H2,1-3H3. The monoisotopic (exact) mass is 220 g/mol. The first-order valence-corrected chi connectivity index (χ1v) is 5.08. The van der Waals surface area contributed by atoms with E-state index in [4.69, 9.17) is 4.74 Å². The second kappa shape index (κ2) is 5.95. The molecule has 0 saturated heterocycles. The number of esters is 1. The fraction of sp³-hybridized carbons (Fsp3) is 0.308. The fourth-order valence-electron chi connectivity index (χ4n) is 1.22. The number of carbonyl (C=O) groups is 1. The molecule has 0 aromatic heterocycles. The minimum atomic E-state index is -0.326. The highest BCUT2D eigenvalue weighted by Crippen LogP contribution is 2.16. The van der Waals surface area contributed by atoms with Gasteiger partial charge in [0.05, 0.1) is 7.11 Å². The molecule has 0 N–H and O–H groups in total. The van der Waals surface area contributed by atoms with Gasteiger partial charge in [0.1, 0.15) is 12.4 Å². The summed E-state index contributed by atoms with van der Waals surface area (Å²) in [4.78, 5) is 11.1. The molecule has 0 spiro atoms. The second-order valence-electron chi connectivity index (χ2n) is 3.46. The van der Waals surface area contributed by atoms with E-state index in [0.29, 0.717) is 12.2 Å². The van der Waals surface area contributed by atoms with E-state index in [1.807, 2.05) is 31.2 Å². The van der Waals surface area contributed by atoms with Gasteiger partial charge in [-0.05, 0) is 31.6 Å². The van der Waals surface area contributed by atoms with E-state index in [2.05, 4.69) is 4.74 Å². The summed E-state index contributed by atoms with van der Waals surface area (Å²) in [6.45, 7) is 4.05. The third kappa shape index (κ3) is 3.42. The van der Waals surface area contributed by atoms with Gasteiger partial charge in [0.2, 0.25) is 0 Å². The quantitative estimate of drug-likeness (QED) is 0.577. The van der Waals surface area contributed by atoms with Gasteiger partial charge in [-0.1, -0.05) is 18.2 Å². The van der Waals surface area contributed by atoms with Crippen molar-refractivity contribution in [1.82, 2.24) is 0 Å². The van der Waals surface area contributed by atoms with Crippen LogP contribution in [0.3, 0.4) is 0 Å². The van der Waals surface area contributed by atoms with Gasteiger partial charge in [-0.2, -0.15) is 0 Å². The van der Waals surface area contributed by atoms with Gasteiger partial charge in [0.25, 0.3) is 0 Å². The summed E-state index contributed by atoms with van der Waals surface area (Å²) < 4.78 is 10.1. The average molecular weight is 220 g/mol. The third-order valence-corrected chi connectivity index (χ3v) is 2.23. The second-order valence-corrected chi connectivity index (χ2v) is 3.46. The smallest absolute Gasteiger partial charge is 0.333 e. The van der Waals surface area contributed by atoms with Gasteiger partial charge in [0, 0.05) is 5.57 Å². The Balaban J connectivity index is 2.53. The van der Waals surface area contributed by atoms with Crippen LogP contribution >= 0.6 is 0 Å². The van der Waals surface area contributed by atoms with Crippen molar-refractivity contribution in [2.24, 2.45) is 0 Å². The molecule has 16 heavy (non-hydrogen) atoms. The van der Waals surface area contributed by atoms with Gasteiger partial charge in [0.15, 0.2) is 0 Å². The number of hydrogen-bond acceptors (Lipinski definition) is 3. The summed E-state index contributed by atoms with van der Waals surface area (Å²) in [5.74, 6) is 0.504. The first kappa shape index (κ1) is 12.3. The van der Waals surface area contributed by atoms with Crippen LogP contribution in [0.1, 0.15) is 12.5 Å². The number of ether oxygens (including phenoxy) is 2. The lowest BCUT2D eigenvalue weighted by atomic mass is 10.2. The topological polar surface area (TPSA) is 35.5 Å². The van der Waals surface area contributed by atoms with Crippen LogP contribution in [-0.2, 0) is 9.53 Å². The molecule has 0 saturated carbocycles. The van der Waals surface area contributed by atoms with E-state index >= 15 is 0 Å². The van der Waals surface area contributed by atoms with Crippen molar-refractivity contribution in [3.63, 3.8) is 0 Å². The number of rotatable bonds is 4. The van der Waals surface area contributed by atoms with Crippen molar-refractivity contribution < 1.29 is 14.3 Å². The number of para-hydroxylation sites is 1. The predicted octanol–water partition coefficient (Wildman–Crippen LogP) is 2.49. The molecule has 0 radical (unpaired) electrons. The summed E-state index contributed by atoms with van der Waals surface area (Å²) in [7, 11) is 1.36. The minimum Gasteiger partial charge on any atom is -0.489 e. The molecule has 1 rings (SSSR count). The highest BCUT2D eigenvalue weighted by Gasteiger charge is 2.02. The fourth-order valence-corrected chi connectivity index (χ4v) is 1.22. The van der Waals surface area contributed by atoms with Crippen molar-refractivity contribution in [2.45, 2.75) is 13.8 Å². The van der Waals surface area contributed by atoms with Gasteiger partial charge < -0.3 is 9.47 Å². The van der Waals surface area contributed by atoms with Crippen LogP contribution in [0.25, 0.3) is 0 Å². The van der Waals surface area contributed by atoms with Crippen LogP contribution in [0.4, 0.5) is 0 Å². The molecule has 0 amide bonds. The lowest BCUT2D eigenvalue weighted by Gasteiger charge is -2.06. The van der Waals surface area contributed by atoms with E-state index in [9.17, 15) is 4.79 Å². The normalized spacial score (nSPS) is 11.1. The zero-order valence-electron chi connectivity index (χ0n) is 9.82. The van der Waals surface area contributed by atoms with Crippen molar-refractivity contribution in [1.29, 1.82) is 0 Å². The number of methoxy groups -OCH3 is 1. The van der Waals surface area contributed by atoms with E-state index in [1.54, 1.807) is 13.0 Å². The van der Waals surface area contributed by atoms with Crippen LogP contribution in [0, 0.1) is 6.92 Å². The Morgan fingerprint density at radius 1 is 1.38 bits per heavy atom. The van der Waals surface area contributed by atoms with E-state index in [1.165, 1.54) is 7.11 Å². The van der Waals surface area contributed by atoms with E-state index < -0.39 is 0 Å². The highest BCUT2D eigenvalue weighted by molar-refractivity contribution is 5.87. The Labute approximate surface area is 95.7 Å². The third-order valence-electron chi connectivity index (χ3n) is 2.23. The van der Waals surface area contributed by atoms with Gasteiger partial charge in [-0.15, -0.1) is 0 Å². The molecular weight excluding hydrogens is 204 g/mol. The molecule has 86 valence electrons. The summed E-state index contributed by atoms with van der Waals surface area (Å²) in [6, 6.07) is 7.75. The van der Waals surface area contributed by atoms with Crippen molar-refractivity contribution in [3.05, 3.63) is 41.5 Å². The van der Waals surface area contributed by atoms with Crippen LogP contribution in [-0.4, -0.2) is 19.7 Å². The molecule has 0 atom stereocenters. The maximum atomic E-state index is 11.1. The van der Waals surface area contributed by atoms with Crippen molar-refractivity contribution in [3.8, 4) is 5.75 Å². The zero-order chi connectivity index (χ0) is 12.0. The van der Waals surface area contributed by atoms with Crippen LogP contribution in [0.15, 0.2) is 35.9 Å². The Bertz CT molecular complexity index is 394. The van der Waals surface area contributed by atoms with Crippen molar-refractivity contribution in [2.75, 3.05) is 13.7 Å². The van der Waals surface area contributed by atoms with Gasteiger partial charge in [-0.3, -0.25) is 0 Å². The highest BCUT2D eigenvalue weighted by atomic mass is 16.5. The molecule has 0 heterocycles. The maximum absolute atomic E-state index is 11.1. The molecule has 0 bridgehead atoms. The molecular formula is C13H16O3.